The SMILES string of the molecule is CCO/C=C(\C(=O)O)C(=O)c1cc(F)c(F)c(C#N)c1F. The highest BCUT2D eigenvalue weighted by molar-refractivity contribution is 6.23. The summed E-state index contributed by atoms with van der Waals surface area (Å²) in [5.74, 6) is -8.21. The van der Waals surface area contributed by atoms with Crippen LogP contribution in [0.3, 0.4) is 0 Å². The Kier molecular flexibility index (Phi) is 5.07. The van der Waals surface area contributed by atoms with Gasteiger partial charge in [-0.25, -0.2) is 18.0 Å². The Balaban J connectivity index is 3.47. The first-order valence-corrected chi connectivity index (χ1v) is 5.52. The number of hydrogen-bond donors (Lipinski definition) is 1. The predicted molar refractivity (Wildman–Crippen MR) is 62.7 cm³/mol. The van der Waals surface area contributed by atoms with Crippen molar-refractivity contribution in [3.05, 3.63) is 46.5 Å². The second kappa shape index (κ2) is 6.56. The standard InChI is InChI=1S/C13H8F3NO4/c1-2-21-5-8(13(19)20)12(18)6-3-9(14)11(16)7(4-17)10(6)15/h3,5H,2H2,1H3,(H,19,20)/b8-5-. The normalized spacial score (nSPS) is 10.9. The predicted octanol–water partition coefficient (Wildman–Crippen LogP) is 2.16. The van der Waals surface area contributed by atoms with Crippen LogP contribution < -0.4 is 0 Å². The Morgan fingerprint density at radius 3 is 2.48 bits per heavy atom. The van der Waals surface area contributed by atoms with Crippen LogP contribution in [0.15, 0.2) is 17.9 Å². The lowest BCUT2D eigenvalue weighted by Crippen LogP contribution is -2.16. The largest absolute Gasteiger partial charge is 0.500 e. The van der Waals surface area contributed by atoms with E-state index < -0.39 is 45.9 Å². The van der Waals surface area contributed by atoms with Crippen LogP contribution >= 0.6 is 0 Å². The van der Waals surface area contributed by atoms with Crippen LogP contribution in [0.25, 0.3) is 0 Å². The fourth-order valence-corrected chi connectivity index (χ4v) is 1.38. The van der Waals surface area contributed by atoms with Gasteiger partial charge >= 0.3 is 5.97 Å². The average molecular weight is 299 g/mol. The monoisotopic (exact) mass is 299 g/mol. The van der Waals surface area contributed by atoms with E-state index in [-0.39, 0.29) is 12.7 Å². The highest BCUT2D eigenvalue weighted by atomic mass is 19.2. The molecule has 0 unspecified atom stereocenters. The van der Waals surface area contributed by atoms with E-state index >= 15 is 0 Å². The second-order valence-electron chi connectivity index (χ2n) is 3.64. The van der Waals surface area contributed by atoms with Gasteiger partial charge in [0.05, 0.1) is 12.2 Å². The second-order valence-corrected chi connectivity index (χ2v) is 3.64. The first kappa shape index (κ1) is 16.2. The summed E-state index contributed by atoms with van der Waals surface area (Å²) in [6.45, 7) is 1.54. The summed E-state index contributed by atoms with van der Waals surface area (Å²) >= 11 is 0. The van der Waals surface area contributed by atoms with E-state index in [0.717, 1.165) is 6.07 Å². The maximum Gasteiger partial charge on any atom is 0.342 e. The molecule has 21 heavy (non-hydrogen) atoms. The number of Topliss-reactive ketones (excluding diaryl/α,β-unsaturated/α-hetero) is 1. The van der Waals surface area contributed by atoms with Crippen LogP contribution in [0.2, 0.25) is 0 Å². The van der Waals surface area contributed by atoms with Crippen molar-refractivity contribution in [2.24, 2.45) is 0 Å². The molecule has 0 amide bonds. The van der Waals surface area contributed by atoms with Crippen molar-refractivity contribution in [2.75, 3.05) is 6.61 Å². The number of carbonyl (C=O) groups is 2. The van der Waals surface area contributed by atoms with Crippen LogP contribution in [0, 0.1) is 28.8 Å². The van der Waals surface area contributed by atoms with Crippen LogP contribution in [-0.2, 0) is 9.53 Å². The molecule has 8 heteroatoms. The molecule has 0 spiro atoms. The fourth-order valence-electron chi connectivity index (χ4n) is 1.38. The molecule has 0 aromatic heterocycles. The molecule has 0 aliphatic heterocycles. The van der Waals surface area contributed by atoms with Gasteiger partial charge in [0, 0.05) is 0 Å². The van der Waals surface area contributed by atoms with Crippen molar-refractivity contribution in [1.82, 2.24) is 0 Å². The summed E-state index contributed by atoms with van der Waals surface area (Å²) in [4.78, 5) is 22.8. The lowest BCUT2D eigenvalue weighted by atomic mass is 10.0. The van der Waals surface area contributed by atoms with Gasteiger partial charge in [0.2, 0.25) is 5.78 Å². The van der Waals surface area contributed by atoms with Crippen molar-refractivity contribution in [3.8, 4) is 6.07 Å². The first-order valence-electron chi connectivity index (χ1n) is 5.52. The summed E-state index contributed by atoms with van der Waals surface area (Å²) in [5.41, 5.74) is -3.36. The number of nitriles is 1. The number of nitrogens with zero attached hydrogens (tertiary/aromatic N) is 1. The molecule has 1 N–H and O–H groups in total. The smallest absolute Gasteiger partial charge is 0.342 e. The molecule has 0 saturated carbocycles. The zero-order chi connectivity index (χ0) is 16.2. The number of ketones is 1. The van der Waals surface area contributed by atoms with Crippen molar-refractivity contribution in [1.29, 1.82) is 5.26 Å². The summed E-state index contributed by atoms with van der Waals surface area (Å²) in [6.07, 6.45) is 0.567. The first-order chi connectivity index (χ1) is 9.84. The highest BCUT2D eigenvalue weighted by Gasteiger charge is 2.27. The minimum absolute atomic E-state index is 0.0355. The number of carboxylic acid groups (broad SMARTS) is 1. The Morgan fingerprint density at radius 1 is 1.38 bits per heavy atom. The molecular formula is C13H8F3NO4. The summed E-state index contributed by atoms with van der Waals surface area (Å²) in [6, 6.07) is 1.26. The molecule has 0 aliphatic carbocycles. The van der Waals surface area contributed by atoms with Crippen molar-refractivity contribution >= 4 is 11.8 Å². The van der Waals surface area contributed by atoms with Crippen molar-refractivity contribution in [2.45, 2.75) is 6.92 Å². The number of aliphatic carboxylic acids is 1. The molecule has 0 aliphatic rings. The number of hydrogen-bond acceptors (Lipinski definition) is 4. The van der Waals surface area contributed by atoms with Gasteiger partial charge in [-0.05, 0) is 13.0 Å². The number of benzene rings is 1. The summed E-state index contributed by atoms with van der Waals surface area (Å²) in [7, 11) is 0. The van der Waals surface area contributed by atoms with E-state index in [9.17, 15) is 22.8 Å². The Bertz CT molecular complexity index is 677. The van der Waals surface area contributed by atoms with Crippen molar-refractivity contribution in [3.63, 3.8) is 0 Å². The van der Waals surface area contributed by atoms with Crippen LogP contribution in [0.5, 0.6) is 0 Å². The highest BCUT2D eigenvalue weighted by Crippen LogP contribution is 2.22. The van der Waals surface area contributed by atoms with Crippen molar-refractivity contribution < 1.29 is 32.6 Å². The van der Waals surface area contributed by atoms with E-state index in [2.05, 4.69) is 4.74 Å². The molecule has 5 nitrogen and oxygen atoms in total. The number of ether oxygens (including phenoxy) is 1. The van der Waals surface area contributed by atoms with Gasteiger partial charge in [0.1, 0.15) is 23.5 Å². The third kappa shape index (κ3) is 3.20. The van der Waals surface area contributed by atoms with Crippen LogP contribution in [0.1, 0.15) is 22.8 Å². The molecule has 0 radical (unpaired) electrons. The minimum Gasteiger partial charge on any atom is -0.500 e. The molecule has 0 saturated heterocycles. The number of carboxylic acids is 1. The lowest BCUT2D eigenvalue weighted by Gasteiger charge is -2.06. The van der Waals surface area contributed by atoms with Gasteiger partial charge in [0.15, 0.2) is 17.5 Å². The Hall–Kier alpha value is -2.82. The van der Waals surface area contributed by atoms with E-state index in [1.165, 1.54) is 6.92 Å². The average Bonchev–Trinajstić information content (AvgIpc) is 2.43. The minimum atomic E-state index is -1.75. The molecule has 0 bridgehead atoms. The third-order valence-electron chi connectivity index (χ3n) is 2.36. The molecule has 1 aromatic rings. The van der Waals surface area contributed by atoms with Crippen LogP contribution in [-0.4, -0.2) is 23.5 Å². The van der Waals surface area contributed by atoms with E-state index in [1.54, 1.807) is 0 Å². The van der Waals surface area contributed by atoms with Gasteiger partial charge in [-0.2, -0.15) is 5.26 Å². The summed E-state index contributed by atoms with van der Waals surface area (Å²) in [5, 5.41) is 17.4. The van der Waals surface area contributed by atoms with E-state index in [4.69, 9.17) is 10.4 Å². The van der Waals surface area contributed by atoms with Crippen LogP contribution in [0.4, 0.5) is 13.2 Å². The zero-order valence-corrected chi connectivity index (χ0v) is 10.6. The lowest BCUT2D eigenvalue weighted by molar-refractivity contribution is -0.132. The maximum absolute atomic E-state index is 13.8. The number of carbonyl (C=O) groups excluding carboxylic acids is 1. The van der Waals surface area contributed by atoms with Gasteiger partial charge in [-0.1, -0.05) is 0 Å². The van der Waals surface area contributed by atoms with E-state index in [1.807, 2.05) is 0 Å². The Morgan fingerprint density at radius 2 is 2.00 bits per heavy atom. The molecular weight excluding hydrogens is 291 g/mol. The Labute approximate surface area is 116 Å². The third-order valence-corrected chi connectivity index (χ3v) is 2.36. The van der Waals surface area contributed by atoms with Gasteiger partial charge in [0.25, 0.3) is 0 Å². The molecule has 0 fully saturated rings. The number of rotatable bonds is 5. The van der Waals surface area contributed by atoms with Gasteiger partial charge in [-0.15, -0.1) is 0 Å². The molecule has 1 rings (SSSR count). The zero-order valence-electron chi connectivity index (χ0n) is 10.6. The van der Waals surface area contributed by atoms with E-state index in [0.29, 0.717) is 6.26 Å². The maximum atomic E-state index is 13.8. The topological polar surface area (TPSA) is 87.4 Å². The molecule has 0 atom stereocenters. The molecule has 1 aromatic carbocycles. The van der Waals surface area contributed by atoms with Gasteiger partial charge < -0.3 is 9.84 Å². The molecule has 110 valence electrons. The van der Waals surface area contributed by atoms with Gasteiger partial charge in [-0.3, -0.25) is 4.79 Å². The molecule has 0 heterocycles. The summed E-state index contributed by atoms with van der Waals surface area (Å²) < 4.78 is 44.8. The quantitative estimate of drug-likeness (QED) is 0.225. The number of halogens is 3. The fraction of sp³-hybridized carbons (Fsp3) is 0.154.